The molecule has 2 fully saturated rings. The molecule has 0 spiro atoms. The zero-order chi connectivity index (χ0) is 27.0. The first-order valence-electron chi connectivity index (χ1n) is 12.1. The number of carboxylic acid groups (broad SMARTS) is 1. The maximum absolute atomic E-state index is 15.1. The zero-order valence-corrected chi connectivity index (χ0v) is 20.3. The van der Waals surface area contributed by atoms with Crippen molar-refractivity contribution in [1.29, 1.82) is 0 Å². The summed E-state index contributed by atoms with van der Waals surface area (Å²) in [5, 5.41) is 32.4. The van der Waals surface area contributed by atoms with Crippen molar-refractivity contribution in [2.45, 2.75) is 18.9 Å². The second-order valence-electron chi connectivity index (χ2n) is 9.44. The molecule has 5 rings (SSSR count). The van der Waals surface area contributed by atoms with E-state index in [4.69, 9.17) is 0 Å². The van der Waals surface area contributed by atoms with Crippen LogP contribution in [0.2, 0.25) is 0 Å². The third-order valence-corrected chi connectivity index (χ3v) is 6.76. The van der Waals surface area contributed by atoms with Crippen molar-refractivity contribution in [3.05, 3.63) is 63.7 Å². The summed E-state index contributed by atoms with van der Waals surface area (Å²) in [5.74, 6) is -2.54. The van der Waals surface area contributed by atoms with Crippen LogP contribution in [0.3, 0.4) is 0 Å². The van der Waals surface area contributed by atoms with Crippen LogP contribution in [0.15, 0.2) is 46.4 Å². The lowest BCUT2D eigenvalue weighted by molar-refractivity contribution is -0.122. The van der Waals surface area contributed by atoms with Gasteiger partial charge in [-0.05, 0) is 37.1 Å². The second kappa shape index (κ2) is 10.1. The Bertz CT molecular complexity index is 1510. The number of carbonyl (C=O) groups excluding carboxylic acids is 1. The number of anilines is 1. The molecular weight excluding hydrogens is 497 g/mol. The van der Waals surface area contributed by atoms with Crippen molar-refractivity contribution in [2.75, 3.05) is 37.6 Å². The SMILES string of the molecule is O=C(CN1CCN(c2cc3c(cc2F)c(=O)c(C(=O)O)cn3C2CC2)CC1)N/N=C/c1ccc(O)cc1O. The number of phenols is 2. The van der Waals surface area contributed by atoms with Crippen LogP contribution in [0.25, 0.3) is 10.9 Å². The smallest absolute Gasteiger partial charge is 0.341 e. The first-order valence-corrected chi connectivity index (χ1v) is 12.1. The molecule has 2 aliphatic rings. The minimum Gasteiger partial charge on any atom is -0.508 e. The number of aromatic carboxylic acids is 1. The van der Waals surface area contributed by atoms with Gasteiger partial charge in [0.05, 0.1) is 24.0 Å². The number of hydrogen-bond acceptors (Lipinski definition) is 8. The van der Waals surface area contributed by atoms with Crippen LogP contribution in [-0.2, 0) is 4.79 Å². The molecule has 1 saturated carbocycles. The topological polar surface area (TPSA) is 148 Å². The van der Waals surface area contributed by atoms with Gasteiger partial charge < -0.3 is 24.8 Å². The number of hydrazone groups is 1. The standard InChI is InChI=1S/C26H26FN5O6/c27-20-10-18-21(32(16-2-3-16)13-19(25(18)36)26(37)38)11-22(20)31-7-5-30(6-8-31)14-24(35)29-28-12-15-1-4-17(33)9-23(15)34/h1,4,9-13,16,33-34H,2-3,5-8,14H2,(H,29,35)(H,37,38)/b28-12+. The zero-order valence-electron chi connectivity index (χ0n) is 20.3. The summed E-state index contributed by atoms with van der Waals surface area (Å²) in [6.45, 7) is 1.94. The molecule has 1 aromatic heterocycles. The average molecular weight is 524 g/mol. The molecule has 1 aliphatic carbocycles. The van der Waals surface area contributed by atoms with Gasteiger partial charge in [-0.2, -0.15) is 5.10 Å². The highest BCUT2D eigenvalue weighted by Gasteiger charge is 2.28. The molecule has 11 nitrogen and oxygen atoms in total. The molecule has 2 heterocycles. The molecule has 0 bridgehead atoms. The van der Waals surface area contributed by atoms with E-state index in [0.717, 1.165) is 18.9 Å². The van der Waals surface area contributed by atoms with Gasteiger partial charge in [0.15, 0.2) is 0 Å². The Morgan fingerprint density at radius 2 is 1.84 bits per heavy atom. The molecule has 4 N–H and O–H groups in total. The van der Waals surface area contributed by atoms with Gasteiger partial charge in [-0.1, -0.05) is 0 Å². The van der Waals surface area contributed by atoms with Crippen molar-refractivity contribution < 1.29 is 29.3 Å². The predicted octanol–water partition coefficient (Wildman–Crippen LogP) is 1.86. The number of rotatable bonds is 7. The fourth-order valence-electron chi connectivity index (χ4n) is 4.61. The summed E-state index contributed by atoms with van der Waals surface area (Å²) >= 11 is 0. The molecule has 1 aliphatic heterocycles. The van der Waals surface area contributed by atoms with E-state index in [1.165, 1.54) is 30.6 Å². The number of carboxylic acids is 1. The summed E-state index contributed by atoms with van der Waals surface area (Å²) < 4.78 is 16.9. The monoisotopic (exact) mass is 523 g/mol. The Hall–Kier alpha value is -4.45. The van der Waals surface area contributed by atoms with E-state index in [0.29, 0.717) is 42.9 Å². The van der Waals surface area contributed by atoms with Crippen molar-refractivity contribution in [1.82, 2.24) is 14.9 Å². The molecule has 2 aromatic carbocycles. The van der Waals surface area contributed by atoms with Gasteiger partial charge in [-0.15, -0.1) is 0 Å². The number of carbonyl (C=O) groups is 2. The van der Waals surface area contributed by atoms with Crippen LogP contribution >= 0.6 is 0 Å². The van der Waals surface area contributed by atoms with Crippen LogP contribution in [-0.4, -0.2) is 75.6 Å². The molecule has 12 heteroatoms. The normalized spacial score (nSPS) is 16.3. The van der Waals surface area contributed by atoms with Gasteiger partial charge >= 0.3 is 5.97 Å². The Labute approximate surface area is 216 Å². The number of phenolic OH excluding ortho intramolecular Hbond substituents is 2. The fraction of sp³-hybridized carbons (Fsp3) is 0.308. The number of nitrogens with one attached hydrogen (secondary N) is 1. The molecule has 1 amide bonds. The van der Waals surface area contributed by atoms with Crippen LogP contribution in [0.1, 0.15) is 34.8 Å². The number of piperazine rings is 1. The van der Waals surface area contributed by atoms with Gasteiger partial charge in [-0.25, -0.2) is 14.6 Å². The van der Waals surface area contributed by atoms with Crippen LogP contribution in [0.5, 0.6) is 11.5 Å². The lowest BCUT2D eigenvalue weighted by atomic mass is 10.1. The third-order valence-electron chi connectivity index (χ3n) is 6.76. The van der Waals surface area contributed by atoms with Crippen molar-refractivity contribution >= 4 is 34.7 Å². The number of fused-ring (bicyclic) bond motifs is 1. The van der Waals surface area contributed by atoms with Gasteiger partial charge in [0.25, 0.3) is 5.91 Å². The van der Waals surface area contributed by atoms with Crippen LogP contribution in [0, 0.1) is 5.82 Å². The number of aromatic hydroxyl groups is 2. The summed E-state index contributed by atoms with van der Waals surface area (Å²) in [6.07, 6.45) is 4.36. The summed E-state index contributed by atoms with van der Waals surface area (Å²) in [5.41, 5.74) is 2.51. The summed E-state index contributed by atoms with van der Waals surface area (Å²) in [6, 6.07) is 6.85. The maximum atomic E-state index is 15.1. The quantitative estimate of drug-likeness (QED) is 0.271. The van der Waals surface area contributed by atoms with Crippen molar-refractivity contribution in [3.8, 4) is 11.5 Å². The molecule has 1 saturated heterocycles. The van der Waals surface area contributed by atoms with E-state index in [-0.39, 0.29) is 40.9 Å². The Morgan fingerprint density at radius 1 is 1.11 bits per heavy atom. The van der Waals surface area contributed by atoms with Crippen molar-refractivity contribution in [3.63, 3.8) is 0 Å². The van der Waals surface area contributed by atoms with Gasteiger partial charge in [-0.3, -0.25) is 14.5 Å². The minimum atomic E-state index is -1.33. The molecule has 0 atom stereocenters. The Balaban J connectivity index is 1.24. The number of amides is 1. The first kappa shape index (κ1) is 25.2. The minimum absolute atomic E-state index is 0.0505. The molecule has 0 unspecified atom stereocenters. The summed E-state index contributed by atoms with van der Waals surface area (Å²) in [7, 11) is 0. The van der Waals surface area contributed by atoms with Gasteiger partial charge in [0.2, 0.25) is 5.43 Å². The Kier molecular flexibility index (Phi) is 6.72. The van der Waals surface area contributed by atoms with Crippen molar-refractivity contribution in [2.24, 2.45) is 5.10 Å². The van der Waals surface area contributed by atoms with E-state index in [1.807, 2.05) is 9.80 Å². The third kappa shape index (κ3) is 5.16. The first-order chi connectivity index (χ1) is 18.2. The predicted molar refractivity (Wildman–Crippen MR) is 138 cm³/mol. The number of benzene rings is 2. The fourth-order valence-corrected chi connectivity index (χ4v) is 4.61. The largest absolute Gasteiger partial charge is 0.508 e. The van der Waals surface area contributed by atoms with Gasteiger partial charge in [0, 0.05) is 55.4 Å². The average Bonchev–Trinajstić information content (AvgIpc) is 3.71. The van der Waals surface area contributed by atoms with Gasteiger partial charge in [0.1, 0.15) is 22.9 Å². The molecule has 38 heavy (non-hydrogen) atoms. The number of pyridine rings is 1. The van der Waals surface area contributed by atoms with E-state index < -0.39 is 17.2 Å². The lowest BCUT2D eigenvalue weighted by Gasteiger charge is -2.36. The highest BCUT2D eigenvalue weighted by Crippen LogP contribution is 2.38. The van der Waals surface area contributed by atoms with E-state index in [2.05, 4.69) is 10.5 Å². The van der Waals surface area contributed by atoms with Crippen LogP contribution in [0.4, 0.5) is 10.1 Å². The summed E-state index contributed by atoms with van der Waals surface area (Å²) in [4.78, 5) is 40.3. The highest BCUT2D eigenvalue weighted by atomic mass is 19.1. The molecule has 198 valence electrons. The maximum Gasteiger partial charge on any atom is 0.341 e. The molecule has 3 aromatic rings. The highest BCUT2D eigenvalue weighted by molar-refractivity contribution is 5.93. The molecular formula is C26H26FN5O6. The number of hydrogen-bond donors (Lipinski definition) is 4. The number of nitrogens with zero attached hydrogens (tertiary/aromatic N) is 4. The van der Waals surface area contributed by atoms with E-state index >= 15 is 4.39 Å². The van der Waals surface area contributed by atoms with E-state index in [9.17, 15) is 29.7 Å². The van der Waals surface area contributed by atoms with E-state index in [1.54, 1.807) is 10.6 Å². The van der Waals surface area contributed by atoms with Crippen LogP contribution < -0.4 is 15.8 Å². The number of aromatic nitrogens is 1. The second-order valence-corrected chi connectivity index (χ2v) is 9.44. The Morgan fingerprint density at radius 3 is 2.50 bits per heavy atom. The molecule has 0 radical (unpaired) electrons. The number of halogens is 1. The lowest BCUT2D eigenvalue weighted by Crippen LogP contribution is -2.49.